The molecule has 1 aromatic rings. The first-order chi connectivity index (χ1) is 9.17. The highest BCUT2D eigenvalue weighted by molar-refractivity contribution is 5.90. The maximum Gasteiger partial charge on any atom is 0.381 e. The molecule has 5 nitrogen and oxygen atoms in total. The van der Waals surface area contributed by atoms with Crippen LogP contribution in [-0.2, 0) is 4.79 Å². The number of esters is 1. The van der Waals surface area contributed by atoms with Crippen molar-refractivity contribution >= 4 is 5.97 Å². The second-order valence-electron chi connectivity index (χ2n) is 4.02. The van der Waals surface area contributed by atoms with Gasteiger partial charge in [-0.15, -0.1) is 0 Å². The Kier molecular flexibility index (Phi) is 3.94. The normalized spacial score (nSPS) is 15.5. The molecule has 0 fully saturated rings. The predicted molar refractivity (Wildman–Crippen MR) is 70.3 cm³/mol. The zero-order chi connectivity index (χ0) is 13.8. The summed E-state index contributed by atoms with van der Waals surface area (Å²) in [5, 5.41) is 0. The van der Waals surface area contributed by atoms with Crippen molar-refractivity contribution in [2.45, 2.75) is 13.8 Å². The van der Waals surface area contributed by atoms with Crippen LogP contribution in [-0.4, -0.2) is 31.1 Å². The minimum atomic E-state index is -0.493. The highest BCUT2D eigenvalue weighted by Gasteiger charge is 2.25. The van der Waals surface area contributed by atoms with E-state index in [4.69, 9.17) is 14.2 Å². The largest absolute Gasteiger partial charge is 0.497 e. The first-order valence-electron chi connectivity index (χ1n) is 6.21. The lowest BCUT2D eigenvalue weighted by molar-refractivity contribution is -0.134. The number of carbonyl (C=O) groups excluding carboxylic acids is 1. The molecule has 0 spiro atoms. The van der Waals surface area contributed by atoms with Gasteiger partial charge in [-0.2, -0.15) is 0 Å². The molecule has 0 saturated heterocycles. The number of fused-ring (bicyclic) bond motifs is 1. The number of methoxy groups -OCH3 is 1. The van der Waals surface area contributed by atoms with Gasteiger partial charge in [-0.1, -0.05) is 0 Å². The van der Waals surface area contributed by atoms with Gasteiger partial charge in [0.05, 0.1) is 13.3 Å². The van der Waals surface area contributed by atoms with Crippen molar-refractivity contribution in [3.05, 3.63) is 30.2 Å². The monoisotopic (exact) mass is 263 g/mol. The fraction of sp³-hybridized carbons (Fsp3) is 0.357. The Morgan fingerprint density at radius 1 is 1.21 bits per heavy atom. The van der Waals surface area contributed by atoms with Crippen molar-refractivity contribution in [3.63, 3.8) is 0 Å². The van der Waals surface area contributed by atoms with E-state index in [1.807, 2.05) is 18.7 Å². The van der Waals surface area contributed by atoms with Gasteiger partial charge in [0.2, 0.25) is 5.76 Å². The van der Waals surface area contributed by atoms with Crippen LogP contribution in [0.1, 0.15) is 13.8 Å². The van der Waals surface area contributed by atoms with Crippen molar-refractivity contribution in [2.75, 3.05) is 20.2 Å². The molecule has 0 unspecified atom stereocenters. The number of rotatable bonds is 4. The van der Waals surface area contributed by atoms with Crippen LogP contribution in [0.25, 0.3) is 0 Å². The lowest BCUT2D eigenvalue weighted by atomic mass is 10.2. The minimum Gasteiger partial charge on any atom is -0.497 e. The molecule has 19 heavy (non-hydrogen) atoms. The SMILES string of the molecule is CCN(/C=C1\Oc2ccc(OC)cc2OC1=O)CC. The smallest absolute Gasteiger partial charge is 0.381 e. The molecule has 1 aromatic carbocycles. The first-order valence-corrected chi connectivity index (χ1v) is 6.21. The van der Waals surface area contributed by atoms with E-state index < -0.39 is 5.97 Å². The topological polar surface area (TPSA) is 48.0 Å². The molecule has 0 aliphatic carbocycles. The molecule has 0 N–H and O–H groups in total. The van der Waals surface area contributed by atoms with Crippen LogP contribution in [0.5, 0.6) is 17.2 Å². The predicted octanol–water partition coefficient (Wildman–Crippen LogP) is 2.18. The van der Waals surface area contributed by atoms with E-state index in [-0.39, 0.29) is 5.76 Å². The zero-order valence-corrected chi connectivity index (χ0v) is 11.3. The second kappa shape index (κ2) is 5.65. The molecule has 102 valence electrons. The maximum atomic E-state index is 11.8. The fourth-order valence-electron chi connectivity index (χ4n) is 1.74. The Morgan fingerprint density at radius 3 is 2.58 bits per heavy atom. The van der Waals surface area contributed by atoms with Gasteiger partial charge in [-0.3, -0.25) is 0 Å². The summed E-state index contributed by atoms with van der Waals surface area (Å²) in [6, 6.07) is 5.10. The zero-order valence-electron chi connectivity index (χ0n) is 11.3. The van der Waals surface area contributed by atoms with Crippen LogP contribution in [0.2, 0.25) is 0 Å². The van der Waals surface area contributed by atoms with E-state index in [9.17, 15) is 4.79 Å². The summed E-state index contributed by atoms with van der Waals surface area (Å²) in [7, 11) is 1.55. The maximum absolute atomic E-state index is 11.8. The number of benzene rings is 1. The van der Waals surface area contributed by atoms with Gasteiger partial charge in [0, 0.05) is 19.2 Å². The molecule has 5 heteroatoms. The third-order valence-corrected chi connectivity index (χ3v) is 2.89. The minimum absolute atomic E-state index is 0.196. The average Bonchev–Trinajstić information content (AvgIpc) is 2.44. The standard InChI is InChI=1S/C14H17NO4/c1-4-15(5-2)9-13-14(16)19-12-8-10(17-3)6-7-11(12)18-13/h6-9H,4-5H2,1-3H3/b13-9-. The number of ether oxygens (including phenoxy) is 3. The summed E-state index contributed by atoms with van der Waals surface area (Å²) >= 11 is 0. The van der Waals surface area contributed by atoms with Crippen LogP contribution in [0.4, 0.5) is 0 Å². The molecule has 0 amide bonds. The summed E-state index contributed by atoms with van der Waals surface area (Å²) in [6.45, 7) is 5.61. The van der Waals surface area contributed by atoms with E-state index >= 15 is 0 Å². The molecule has 0 radical (unpaired) electrons. The van der Waals surface area contributed by atoms with Crippen molar-refractivity contribution < 1.29 is 19.0 Å². The molecule has 1 heterocycles. The van der Waals surface area contributed by atoms with Gasteiger partial charge in [0.1, 0.15) is 5.75 Å². The van der Waals surface area contributed by atoms with E-state index in [2.05, 4.69) is 0 Å². The molecular weight excluding hydrogens is 246 g/mol. The average molecular weight is 263 g/mol. The van der Waals surface area contributed by atoms with Crippen LogP contribution < -0.4 is 14.2 Å². The highest BCUT2D eigenvalue weighted by Crippen LogP contribution is 2.36. The number of carbonyl (C=O) groups is 1. The lowest BCUT2D eigenvalue weighted by Gasteiger charge is -2.22. The van der Waals surface area contributed by atoms with Crippen LogP contribution in [0, 0.1) is 0 Å². The third-order valence-electron chi connectivity index (χ3n) is 2.89. The van der Waals surface area contributed by atoms with E-state index in [0.29, 0.717) is 17.2 Å². The Bertz CT molecular complexity index is 506. The van der Waals surface area contributed by atoms with Crippen LogP contribution in [0.3, 0.4) is 0 Å². The third kappa shape index (κ3) is 2.81. The molecule has 0 saturated carbocycles. The Balaban J connectivity index is 2.27. The first kappa shape index (κ1) is 13.3. The quantitative estimate of drug-likeness (QED) is 0.473. The summed E-state index contributed by atoms with van der Waals surface area (Å²) in [6.07, 6.45) is 1.68. The van der Waals surface area contributed by atoms with E-state index in [1.54, 1.807) is 31.5 Å². The molecule has 0 aromatic heterocycles. The number of hydrogen-bond acceptors (Lipinski definition) is 5. The summed E-state index contributed by atoms with van der Waals surface area (Å²) < 4.78 is 15.9. The summed E-state index contributed by atoms with van der Waals surface area (Å²) in [5.41, 5.74) is 0. The van der Waals surface area contributed by atoms with Crippen molar-refractivity contribution in [2.24, 2.45) is 0 Å². The van der Waals surface area contributed by atoms with Crippen molar-refractivity contribution in [3.8, 4) is 17.2 Å². The molecule has 2 rings (SSSR count). The molecule has 0 atom stereocenters. The lowest BCUT2D eigenvalue weighted by Crippen LogP contribution is -2.25. The number of hydrogen-bond donors (Lipinski definition) is 0. The van der Waals surface area contributed by atoms with E-state index in [0.717, 1.165) is 13.1 Å². The summed E-state index contributed by atoms with van der Waals surface area (Å²) in [4.78, 5) is 13.8. The van der Waals surface area contributed by atoms with Gasteiger partial charge in [-0.25, -0.2) is 4.79 Å². The molecular formula is C14H17NO4. The van der Waals surface area contributed by atoms with Gasteiger partial charge < -0.3 is 19.1 Å². The Labute approximate surface area is 112 Å². The molecule has 1 aliphatic heterocycles. The van der Waals surface area contributed by atoms with Crippen LogP contribution in [0.15, 0.2) is 30.2 Å². The van der Waals surface area contributed by atoms with Gasteiger partial charge >= 0.3 is 5.97 Å². The summed E-state index contributed by atoms with van der Waals surface area (Å²) in [5.74, 6) is 1.21. The van der Waals surface area contributed by atoms with Crippen molar-refractivity contribution in [1.82, 2.24) is 4.90 Å². The molecule has 0 bridgehead atoms. The van der Waals surface area contributed by atoms with Gasteiger partial charge in [0.25, 0.3) is 0 Å². The highest BCUT2D eigenvalue weighted by atomic mass is 16.6. The van der Waals surface area contributed by atoms with Gasteiger partial charge in [0.15, 0.2) is 11.5 Å². The van der Waals surface area contributed by atoms with Crippen LogP contribution >= 0.6 is 0 Å². The Hall–Kier alpha value is -2.17. The second-order valence-corrected chi connectivity index (χ2v) is 4.02. The number of nitrogens with zero attached hydrogens (tertiary/aromatic N) is 1. The Morgan fingerprint density at radius 2 is 1.95 bits per heavy atom. The van der Waals surface area contributed by atoms with Crippen molar-refractivity contribution in [1.29, 1.82) is 0 Å². The molecule has 1 aliphatic rings. The van der Waals surface area contributed by atoms with E-state index in [1.165, 1.54) is 0 Å². The van der Waals surface area contributed by atoms with Gasteiger partial charge in [-0.05, 0) is 26.0 Å². The fourth-order valence-corrected chi connectivity index (χ4v) is 1.74.